The number of rotatable bonds is 5. The maximum Gasteiger partial charge on any atom is 0.357 e. The second kappa shape index (κ2) is 6.68. The van der Waals surface area contributed by atoms with E-state index < -0.39 is 16.4 Å². The molecule has 0 aliphatic rings. The summed E-state index contributed by atoms with van der Waals surface area (Å²) in [4.78, 5) is 0. The normalized spacial score (nSPS) is 14.0. The average molecular weight is 357 g/mol. The summed E-state index contributed by atoms with van der Waals surface area (Å²) >= 11 is 11.8. The van der Waals surface area contributed by atoms with Crippen LogP contribution in [-0.4, -0.2) is 30.2 Å². The molecule has 0 radical (unpaired) electrons. The number of benzene rings is 1. The van der Waals surface area contributed by atoms with Crippen molar-refractivity contribution in [3.8, 4) is 0 Å². The van der Waals surface area contributed by atoms with E-state index in [9.17, 15) is 13.5 Å². The molecule has 120 valence electrons. The third kappa shape index (κ3) is 6.37. The molecule has 0 unspecified atom stereocenters. The van der Waals surface area contributed by atoms with Gasteiger partial charge in [0.1, 0.15) is 0 Å². The molecule has 0 aromatic heterocycles. The molecule has 0 heterocycles. The van der Waals surface area contributed by atoms with E-state index in [4.69, 9.17) is 27.8 Å². The summed E-state index contributed by atoms with van der Waals surface area (Å²) in [6.07, 6.45) is -0.862. The first-order valence-electron chi connectivity index (χ1n) is 6.06. The smallest absolute Gasteiger partial charge is 0.357 e. The van der Waals surface area contributed by atoms with Crippen molar-refractivity contribution in [3.63, 3.8) is 0 Å². The minimum atomic E-state index is -4.48. The molecule has 0 aliphatic carbocycles. The lowest BCUT2D eigenvalue weighted by atomic mass is 10.1. The quantitative estimate of drug-likeness (QED) is 0.607. The van der Waals surface area contributed by atoms with Gasteiger partial charge in [0.15, 0.2) is 0 Å². The summed E-state index contributed by atoms with van der Waals surface area (Å²) in [6, 6.07) is 2.77. The number of nitrogens with one attached hydrogen (secondary N) is 2. The minimum absolute atomic E-state index is 0.0232. The van der Waals surface area contributed by atoms with E-state index in [2.05, 4.69) is 5.32 Å². The standard InChI is InChI=1S/C12H18Cl2N2O4S/c1-12(2,3)15-6-10(17)7-4-8(13)11(9(14)5-7)16-21(18,19)20/h4-5,10,15-17H,6H2,1-3H3,(H,18,19,20)/t10-/m1/s1. The van der Waals surface area contributed by atoms with Crippen LogP contribution < -0.4 is 10.0 Å². The molecule has 0 saturated heterocycles. The van der Waals surface area contributed by atoms with Crippen molar-refractivity contribution in [1.82, 2.24) is 5.32 Å². The first-order chi connectivity index (χ1) is 9.39. The lowest BCUT2D eigenvalue weighted by Gasteiger charge is -2.23. The van der Waals surface area contributed by atoms with Crippen LogP contribution in [0.3, 0.4) is 0 Å². The summed E-state index contributed by atoms with van der Waals surface area (Å²) in [5.74, 6) is 0. The summed E-state index contributed by atoms with van der Waals surface area (Å²) in [5.41, 5.74) is 0.129. The maximum absolute atomic E-state index is 10.8. The number of hydrogen-bond acceptors (Lipinski definition) is 4. The second-order valence-electron chi connectivity index (χ2n) is 5.58. The number of aliphatic hydroxyl groups is 1. The number of aliphatic hydroxyl groups excluding tert-OH is 1. The summed E-state index contributed by atoms with van der Waals surface area (Å²) < 4.78 is 32.2. The predicted molar refractivity (Wildman–Crippen MR) is 84.3 cm³/mol. The van der Waals surface area contributed by atoms with Gasteiger partial charge in [-0.1, -0.05) is 23.2 Å². The topological polar surface area (TPSA) is 98.7 Å². The van der Waals surface area contributed by atoms with Crippen LogP contribution >= 0.6 is 23.2 Å². The van der Waals surface area contributed by atoms with Crippen molar-refractivity contribution in [1.29, 1.82) is 0 Å². The van der Waals surface area contributed by atoms with Crippen LogP contribution in [0.5, 0.6) is 0 Å². The molecule has 0 aliphatic heterocycles. The highest BCUT2D eigenvalue weighted by molar-refractivity contribution is 7.87. The van der Waals surface area contributed by atoms with Crippen molar-refractivity contribution in [3.05, 3.63) is 27.7 Å². The Morgan fingerprint density at radius 1 is 1.24 bits per heavy atom. The van der Waals surface area contributed by atoms with Gasteiger partial charge in [0.2, 0.25) is 0 Å². The third-order valence-electron chi connectivity index (χ3n) is 2.51. The Hall–Kier alpha value is -0.570. The lowest BCUT2D eigenvalue weighted by Crippen LogP contribution is -2.38. The third-order valence-corrected chi connectivity index (χ3v) is 3.56. The van der Waals surface area contributed by atoms with Gasteiger partial charge in [-0.25, -0.2) is 0 Å². The molecule has 0 spiro atoms. The largest absolute Gasteiger partial charge is 0.387 e. The highest BCUT2D eigenvalue weighted by atomic mass is 35.5. The molecule has 1 rings (SSSR count). The van der Waals surface area contributed by atoms with Gasteiger partial charge in [-0.05, 0) is 38.5 Å². The van der Waals surface area contributed by atoms with E-state index in [0.717, 1.165) is 0 Å². The zero-order valence-electron chi connectivity index (χ0n) is 11.8. The van der Waals surface area contributed by atoms with Crippen molar-refractivity contribution >= 4 is 39.2 Å². The lowest BCUT2D eigenvalue weighted by molar-refractivity contribution is 0.163. The van der Waals surface area contributed by atoms with E-state index >= 15 is 0 Å². The zero-order valence-corrected chi connectivity index (χ0v) is 14.1. The molecule has 4 N–H and O–H groups in total. The first kappa shape index (κ1) is 18.5. The Balaban J connectivity index is 2.97. The molecule has 1 atom stereocenters. The van der Waals surface area contributed by atoms with Gasteiger partial charge in [0.05, 0.1) is 21.8 Å². The molecule has 0 fully saturated rings. The van der Waals surface area contributed by atoms with E-state index in [1.54, 1.807) is 4.72 Å². The Kier molecular flexibility index (Phi) is 5.88. The number of hydrogen-bond donors (Lipinski definition) is 4. The molecule has 9 heteroatoms. The van der Waals surface area contributed by atoms with E-state index in [0.29, 0.717) is 5.56 Å². The van der Waals surface area contributed by atoms with Crippen molar-refractivity contribution in [2.24, 2.45) is 0 Å². The summed E-state index contributed by atoms with van der Waals surface area (Å²) in [7, 11) is -4.48. The Morgan fingerprint density at radius 2 is 1.71 bits per heavy atom. The van der Waals surface area contributed by atoms with E-state index in [-0.39, 0.29) is 27.8 Å². The number of anilines is 1. The molecule has 1 aromatic rings. The number of halogens is 2. The van der Waals surface area contributed by atoms with Crippen molar-refractivity contribution in [2.45, 2.75) is 32.4 Å². The second-order valence-corrected chi connectivity index (χ2v) is 7.55. The van der Waals surface area contributed by atoms with Gasteiger partial charge in [0, 0.05) is 12.1 Å². The average Bonchev–Trinajstić information content (AvgIpc) is 2.28. The van der Waals surface area contributed by atoms with Crippen LogP contribution in [0.1, 0.15) is 32.4 Å². The van der Waals surface area contributed by atoms with Crippen LogP contribution in [0.2, 0.25) is 10.0 Å². The first-order valence-corrected chi connectivity index (χ1v) is 8.26. The predicted octanol–water partition coefficient (Wildman–Crippen LogP) is 2.63. The number of β-amino-alcohol motifs (C(OH)–C–C–N with tert-alkyl or cyclic N) is 1. The molecule has 21 heavy (non-hydrogen) atoms. The fourth-order valence-electron chi connectivity index (χ4n) is 1.53. The van der Waals surface area contributed by atoms with Gasteiger partial charge in [0.25, 0.3) is 0 Å². The van der Waals surface area contributed by atoms with Gasteiger partial charge in [-0.15, -0.1) is 0 Å². The summed E-state index contributed by atoms with van der Waals surface area (Å²) in [6.45, 7) is 6.15. The van der Waals surface area contributed by atoms with Crippen LogP contribution in [-0.2, 0) is 10.3 Å². The van der Waals surface area contributed by atoms with Gasteiger partial charge >= 0.3 is 10.3 Å². The zero-order chi connectivity index (χ0) is 16.4. The molecule has 6 nitrogen and oxygen atoms in total. The van der Waals surface area contributed by atoms with Crippen molar-refractivity contribution < 1.29 is 18.1 Å². The highest BCUT2D eigenvalue weighted by Gasteiger charge is 2.18. The van der Waals surface area contributed by atoms with Crippen LogP contribution in [0.25, 0.3) is 0 Å². The van der Waals surface area contributed by atoms with Gasteiger partial charge in [-0.3, -0.25) is 9.27 Å². The van der Waals surface area contributed by atoms with E-state index in [1.165, 1.54) is 12.1 Å². The highest BCUT2D eigenvalue weighted by Crippen LogP contribution is 2.34. The molecular formula is C12H18Cl2N2O4S. The Labute approximate surface area is 134 Å². The molecule has 0 bridgehead atoms. The Morgan fingerprint density at radius 3 is 2.10 bits per heavy atom. The van der Waals surface area contributed by atoms with Gasteiger partial charge in [-0.2, -0.15) is 8.42 Å². The molecule has 1 aromatic carbocycles. The fraction of sp³-hybridized carbons (Fsp3) is 0.500. The van der Waals surface area contributed by atoms with Crippen LogP contribution in [0.4, 0.5) is 5.69 Å². The van der Waals surface area contributed by atoms with Crippen LogP contribution in [0, 0.1) is 0 Å². The monoisotopic (exact) mass is 356 g/mol. The molecule has 0 amide bonds. The van der Waals surface area contributed by atoms with Gasteiger partial charge < -0.3 is 10.4 Å². The van der Waals surface area contributed by atoms with E-state index in [1.807, 2.05) is 20.8 Å². The fourth-order valence-corrected chi connectivity index (χ4v) is 2.72. The Bertz CT molecular complexity index is 591. The minimum Gasteiger partial charge on any atom is -0.387 e. The summed E-state index contributed by atoms with van der Waals surface area (Å²) in [5, 5.41) is 13.2. The SMILES string of the molecule is CC(C)(C)NC[C@@H](O)c1cc(Cl)c(NS(=O)(=O)O)c(Cl)c1. The molecular weight excluding hydrogens is 339 g/mol. The molecule has 0 saturated carbocycles. The van der Waals surface area contributed by atoms with Crippen LogP contribution in [0.15, 0.2) is 12.1 Å². The van der Waals surface area contributed by atoms with Crippen molar-refractivity contribution in [2.75, 3.05) is 11.3 Å². The maximum atomic E-state index is 10.8.